The molecule has 1 atom stereocenters. The summed E-state index contributed by atoms with van der Waals surface area (Å²) < 4.78 is 33.7. The summed E-state index contributed by atoms with van der Waals surface area (Å²) in [6, 6.07) is 3.59. The van der Waals surface area contributed by atoms with Gasteiger partial charge in [-0.3, -0.25) is 0 Å². The first-order valence-electron chi connectivity index (χ1n) is 5.09. The van der Waals surface area contributed by atoms with E-state index in [1.807, 2.05) is 0 Å². The van der Waals surface area contributed by atoms with E-state index in [2.05, 4.69) is 37.2 Å². The smallest absolute Gasteiger partial charge is 0.174 e. The molecule has 0 bridgehead atoms. The summed E-state index contributed by atoms with van der Waals surface area (Å²) in [7, 11) is 1.63. The molecule has 0 radical (unpaired) electrons. The van der Waals surface area contributed by atoms with Gasteiger partial charge in [0.15, 0.2) is 4.67 Å². The molecule has 2 rings (SSSR count). The van der Waals surface area contributed by atoms with Gasteiger partial charge in [-0.05, 0) is 57.1 Å². The molecule has 0 saturated carbocycles. The fraction of sp³-hybridized carbons (Fsp3) is 0.167. The molecule has 1 heterocycles. The van der Waals surface area contributed by atoms with E-state index in [4.69, 9.17) is 4.42 Å². The molecule has 2 aromatic rings. The van der Waals surface area contributed by atoms with Gasteiger partial charge in [0.2, 0.25) is 0 Å². The molecule has 1 unspecified atom stereocenters. The third-order valence-electron chi connectivity index (χ3n) is 2.61. The van der Waals surface area contributed by atoms with Gasteiger partial charge in [-0.1, -0.05) is 0 Å². The number of nitrogens with one attached hydrogen (secondary N) is 1. The summed E-state index contributed by atoms with van der Waals surface area (Å²) in [5.41, 5.74) is 0.586. The molecule has 0 aliphatic heterocycles. The Morgan fingerprint density at radius 1 is 1.22 bits per heavy atom. The molecule has 1 N–H and O–H groups in total. The number of hydrogen-bond acceptors (Lipinski definition) is 2. The van der Waals surface area contributed by atoms with Crippen molar-refractivity contribution in [1.82, 2.24) is 5.32 Å². The SMILES string of the molecule is CNC(c1ccoc1Br)c1c(F)ccc(Br)c1F. The lowest BCUT2D eigenvalue weighted by Gasteiger charge is -2.17. The Morgan fingerprint density at radius 2 is 1.94 bits per heavy atom. The molecular formula is C12H9Br2F2NO. The standard InChI is InChI=1S/C12H9Br2F2NO/c1-17-11(6-4-5-18-12(6)14)9-8(15)3-2-7(13)10(9)16/h2-5,11,17H,1H3. The highest BCUT2D eigenvalue weighted by Crippen LogP contribution is 2.34. The number of benzene rings is 1. The largest absolute Gasteiger partial charge is 0.457 e. The van der Waals surface area contributed by atoms with Gasteiger partial charge < -0.3 is 9.73 Å². The molecule has 1 aromatic carbocycles. The van der Waals surface area contributed by atoms with Crippen molar-refractivity contribution in [2.75, 3.05) is 7.05 Å². The highest BCUT2D eigenvalue weighted by atomic mass is 79.9. The first kappa shape index (κ1) is 13.7. The van der Waals surface area contributed by atoms with E-state index in [1.165, 1.54) is 18.4 Å². The number of rotatable bonds is 3. The fourth-order valence-electron chi connectivity index (χ4n) is 1.77. The molecule has 0 fully saturated rings. The molecule has 6 heteroatoms. The van der Waals surface area contributed by atoms with Crippen LogP contribution < -0.4 is 5.32 Å². The van der Waals surface area contributed by atoms with Gasteiger partial charge in [0.25, 0.3) is 0 Å². The van der Waals surface area contributed by atoms with Crippen molar-refractivity contribution in [2.24, 2.45) is 0 Å². The van der Waals surface area contributed by atoms with Crippen molar-refractivity contribution in [3.05, 3.63) is 56.4 Å². The minimum Gasteiger partial charge on any atom is -0.457 e. The predicted octanol–water partition coefficient (Wildman–Crippen LogP) is 4.39. The van der Waals surface area contributed by atoms with Crippen molar-refractivity contribution < 1.29 is 13.2 Å². The van der Waals surface area contributed by atoms with E-state index in [0.29, 0.717) is 10.2 Å². The monoisotopic (exact) mass is 379 g/mol. The van der Waals surface area contributed by atoms with E-state index in [0.717, 1.165) is 0 Å². The topological polar surface area (TPSA) is 25.2 Å². The van der Waals surface area contributed by atoms with E-state index in [1.54, 1.807) is 13.1 Å². The maximum Gasteiger partial charge on any atom is 0.174 e. The summed E-state index contributed by atoms with van der Waals surface area (Å²) in [5, 5.41) is 2.88. The van der Waals surface area contributed by atoms with Crippen molar-refractivity contribution in [3.63, 3.8) is 0 Å². The van der Waals surface area contributed by atoms with E-state index in [9.17, 15) is 8.78 Å². The fourth-order valence-corrected chi connectivity index (χ4v) is 2.59. The summed E-state index contributed by atoms with van der Waals surface area (Å²) in [5.74, 6) is -1.23. The van der Waals surface area contributed by atoms with Crippen LogP contribution in [-0.2, 0) is 0 Å². The Balaban J connectivity index is 2.59. The van der Waals surface area contributed by atoms with E-state index < -0.39 is 17.7 Å². The van der Waals surface area contributed by atoms with Gasteiger partial charge >= 0.3 is 0 Å². The van der Waals surface area contributed by atoms with Crippen LogP contribution in [0.4, 0.5) is 8.78 Å². The quantitative estimate of drug-likeness (QED) is 0.799. The minimum atomic E-state index is -0.629. The Morgan fingerprint density at radius 3 is 2.50 bits per heavy atom. The zero-order valence-corrected chi connectivity index (χ0v) is 12.5. The Labute approximate surface area is 120 Å². The third kappa shape index (κ3) is 2.37. The summed E-state index contributed by atoms with van der Waals surface area (Å²) in [6.07, 6.45) is 1.46. The highest BCUT2D eigenvalue weighted by Gasteiger charge is 2.25. The maximum atomic E-state index is 14.1. The van der Waals surface area contributed by atoms with Crippen LogP contribution in [0.25, 0.3) is 0 Å². The van der Waals surface area contributed by atoms with Gasteiger partial charge in [-0.15, -0.1) is 0 Å². The van der Waals surface area contributed by atoms with Crippen molar-refractivity contribution in [2.45, 2.75) is 6.04 Å². The molecule has 0 saturated heterocycles. The second-order valence-electron chi connectivity index (χ2n) is 3.63. The molecule has 0 amide bonds. The van der Waals surface area contributed by atoms with Crippen LogP contribution in [-0.4, -0.2) is 7.05 Å². The molecule has 0 aliphatic rings. The maximum absolute atomic E-state index is 14.1. The number of hydrogen-bond donors (Lipinski definition) is 1. The van der Waals surface area contributed by atoms with Gasteiger partial charge in [0, 0.05) is 11.1 Å². The molecule has 0 aliphatic carbocycles. The second-order valence-corrected chi connectivity index (χ2v) is 5.20. The van der Waals surface area contributed by atoms with E-state index in [-0.39, 0.29) is 10.0 Å². The van der Waals surface area contributed by atoms with Crippen LogP contribution in [0.15, 0.2) is 38.0 Å². The minimum absolute atomic E-state index is 0.0472. The van der Waals surface area contributed by atoms with Crippen molar-refractivity contribution in [3.8, 4) is 0 Å². The highest BCUT2D eigenvalue weighted by molar-refractivity contribution is 9.10. The third-order valence-corrected chi connectivity index (χ3v) is 3.87. The number of halogens is 4. The van der Waals surface area contributed by atoms with E-state index >= 15 is 0 Å². The van der Waals surface area contributed by atoms with Gasteiger partial charge in [-0.25, -0.2) is 8.78 Å². The normalized spacial score (nSPS) is 12.7. The van der Waals surface area contributed by atoms with Crippen molar-refractivity contribution >= 4 is 31.9 Å². The molecule has 18 heavy (non-hydrogen) atoms. The Kier molecular flexibility index (Phi) is 4.19. The molecule has 1 aromatic heterocycles. The van der Waals surface area contributed by atoms with Crippen LogP contribution in [0.2, 0.25) is 0 Å². The lowest BCUT2D eigenvalue weighted by Crippen LogP contribution is -2.20. The Hall–Kier alpha value is -0.720. The number of furan rings is 1. The second kappa shape index (κ2) is 5.50. The first-order valence-corrected chi connectivity index (χ1v) is 6.68. The Bertz CT molecular complexity index is 571. The van der Waals surface area contributed by atoms with Gasteiger partial charge in [0.1, 0.15) is 11.6 Å². The summed E-state index contributed by atoms with van der Waals surface area (Å²) >= 11 is 6.26. The van der Waals surface area contributed by atoms with Crippen LogP contribution >= 0.6 is 31.9 Å². The van der Waals surface area contributed by atoms with Gasteiger partial charge in [-0.2, -0.15) is 0 Å². The molecule has 2 nitrogen and oxygen atoms in total. The molecule has 96 valence electrons. The zero-order valence-electron chi connectivity index (χ0n) is 9.31. The first-order chi connectivity index (χ1) is 8.56. The lowest BCUT2D eigenvalue weighted by atomic mass is 10.0. The molecule has 0 spiro atoms. The van der Waals surface area contributed by atoms with Crippen LogP contribution in [0.5, 0.6) is 0 Å². The molecular weight excluding hydrogens is 372 g/mol. The lowest BCUT2D eigenvalue weighted by molar-refractivity contribution is 0.504. The van der Waals surface area contributed by atoms with Crippen LogP contribution in [0, 0.1) is 11.6 Å². The predicted molar refractivity (Wildman–Crippen MR) is 71.4 cm³/mol. The zero-order chi connectivity index (χ0) is 13.3. The average Bonchev–Trinajstić information content (AvgIpc) is 2.76. The average molecular weight is 381 g/mol. The summed E-state index contributed by atoms with van der Waals surface area (Å²) in [4.78, 5) is 0. The van der Waals surface area contributed by atoms with Gasteiger partial charge in [0.05, 0.1) is 16.8 Å². The van der Waals surface area contributed by atoms with Crippen LogP contribution in [0.3, 0.4) is 0 Å². The summed E-state index contributed by atoms with van der Waals surface area (Å²) in [6.45, 7) is 0. The van der Waals surface area contributed by atoms with Crippen LogP contribution in [0.1, 0.15) is 17.2 Å². The van der Waals surface area contributed by atoms with Crippen molar-refractivity contribution in [1.29, 1.82) is 0 Å².